The van der Waals surface area contributed by atoms with E-state index in [1.165, 1.54) is 0 Å². The Morgan fingerprint density at radius 1 is 0.395 bits per heavy atom. The van der Waals surface area contributed by atoms with Gasteiger partial charge in [-0.25, -0.2) is 9.97 Å². The number of pyridine rings is 5. The quantitative estimate of drug-likeness (QED) is 0.234. The smallest absolute Gasteiger partial charge is 0.0972 e. The van der Waals surface area contributed by atoms with Crippen molar-refractivity contribution >= 4 is 54.5 Å². The molecule has 0 saturated carbocycles. The van der Waals surface area contributed by atoms with Gasteiger partial charge in [0, 0.05) is 56.6 Å². The zero-order valence-electron chi connectivity index (χ0n) is 20.2. The number of fused-ring (bicyclic) bond motifs is 7. The van der Waals surface area contributed by atoms with Crippen LogP contribution >= 0.6 is 0 Å². The summed E-state index contributed by atoms with van der Waals surface area (Å²) in [5, 5.41) is 5.35. The average molecular weight is 486 g/mol. The molecular formula is C33H19N5. The van der Waals surface area contributed by atoms with Crippen molar-refractivity contribution in [3.8, 4) is 22.5 Å². The van der Waals surface area contributed by atoms with E-state index in [1.54, 1.807) is 0 Å². The van der Waals surface area contributed by atoms with Crippen molar-refractivity contribution in [2.24, 2.45) is 0 Å². The van der Waals surface area contributed by atoms with Crippen LogP contribution in [-0.4, -0.2) is 24.9 Å². The lowest BCUT2D eigenvalue weighted by atomic mass is 10.0. The Bertz CT molecular complexity index is 2050. The van der Waals surface area contributed by atoms with E-state index >= 15 is 0 Å². The second-order valence-electron chi connectivity index (χ2n) is 9.45. The van der Waals surface area contributed by atoms with Gasteiger partial charge < -0.3 is 0 Å². The van der Waals surface area contributed by atoms with Crippen molar-refractivity contribution in [1.82, 2.24) is 24.9 Å². The van der Waals surface area contributed by atoms with Crippen molar-refractivity contribution in [2.75, 3.05) is 0 Å². The molecular weight excluding hydrogens is 466 g/mol. The van der Waals surface area contributed by atoms with Gasteiger partial charge in [0.25, 0.3) is 0 Å². The van der Waals surface area contributed by atoms with Crippen LogP contribution in [0.1, 0.15) is 0 Å². The number of nitrogens with zero attached hydrogens (tertiary/aromatic N) is 5. The van der Waals surface area contributed by atoms with Gasteiger partial charge in [-0.2, -0.15) is 0 Å². The van der Waals surface area contributed by atoms with Gasteiger partial charge in [-0.15, -0.1) is 0 Å². The first kappa shape index (κ1) is 20.9. The van der Waals surface area contributed by atoms with Crippen LogP contribution in [-0.2, 0) is 0 Å². The molecule has 5 heteroatoms. The number of rotatable bonds is 2. The fraction of sp³-hybridized carbons (Fsp3) is 0. The van der Waals surface area contributed by atoms with Crippen molar-refractivity contribution < 1.29 is 0 Å². The summed E-state index contributed by atoms with van der Waals surface area (Å²) in [5.41, 5.74) is 8.34. The van der Waals surface area contributed by atoms with Gasteiger partial charge in [-0.05, 0) is 42.5 Å². The maximum atomic E-state index is 5.02. The van der Waals surface area contributed by atoms with Crippen LogP contribution in [0, 0.1) is 0 Å². The van der Waals surface area contributed by atoms with Crippen molar-refractivity contribution in [2.45, 2.75) is 0 Å². The van der Waals surface area contributed by atoms with Gasteiger partial charge in [0.2, 0.25) is 0 Å². The fourth-order valence-corrected chi connectivity index (χ4v) is 5.20. The molecule has 5 nitrogen and oxygen atoms in total. The molecule has 0 spiro atoms. The minimum absolute atomic E-state index is 0.872. The summed E-state index contributed by atoms with van der Waals surface area (Å²) in [6.07, 6.45) is 5.52. The molecule has 0 saturated heterocycles. The Kier molecular flexibility index (Phi) is 4.45. The van der Waals surface area contributed by atoms with Crippen LogP contribution < -0.4 is 0 Å². The van der Waals surface area contributed by atoms with Crippen LogP contribution in [0.25, 0.3) is 77.0 Å². The molecule has 0 bridgehead atoms. The summed E-state index contributed by atoms with van der Waals surface area (Å²) in [7, 11) is 0. The molecule has 0 aliphatic rings. The number of aromatic nitrogens is 5. The summed E-state index contributed by atoms with van der Waals surface area (Å²) in [5.74, 6) is 0. The van der Waals surface area contributed by atoms with Crippen LogP contribution in [0.5, 0.6) is 0 Å². The number of hydrogen-bond donors (Lipinski definition) is 0. The second kappa shape index (κ2) is 8.11. The minimum Gasteiger partial charge on any atom is -0.256 e. The van der Waals surface area contributed by atoms with E-state index in [-0.39, 0.29) is 0 Å². The van der Waals surface area contributed by atoms with Crippen LogP contribution in [0.15, 0.2) is 116 Å². The highest BCUT2D eigenvalue weighted by Gasteiger charge is 2.10. The lowest BCUT2D eigenvalue weighted by Crippen LogP contribution is -1.91. The summed E-state index contributed by atoms with van der Waals surface area (Å²) in [6, 6.07) is 33.2. The zero-order valence-corrected chi connectivity index (χ0v) is 20.2. The molecule has 176 valence electrons. The molecule has 0 unspecified atom stereocenters. The largest absolute Gasteiger partial charge is 0.256 e. The zero-order chi connectivity index (χ0) is 25.1. The Labute approximate surface area is 217 Å². The Morgan fingerprint density at radius 2 is 0.921 bits per heavy atom. The average Bonchev–Trinajstić information content (AvgIpc) is 3.00. The van der Waals surface area contributed by atoms with E-state index in [4.69, 9.17) is 15.0 Å². The molecule has 0 atom stereocenters. The number of hydrogen-bond acceptors (Lipinski definition) is 5. The molecule has 8 aromatic rings. The maximum absolute atomic E-state index is 5.02. The summed E-state index contributed by atoms with van der Waals surface area (Å²) >= 11 is 0. The molecule has 5 heterocycles. The third-order valence-electron chi connectivity index (χ3n) is 7.14. The molecule has 0 amide bonds. The third-order valence-corrected chi connectivity index (χ3v) is 7.14. The van der Waals surface area contributed by atoms with Gasteiger partial charge in [0.15, 0.2) is 0 Å². The fourth-order valence-electron chi connectivity index (χ4n) is 5.20. The summed E-state index contributed by atoms with van der Waals surface area (Å²) in [4.78, 5) is 23.9. The SMILES string of the molecule is c1cnc2c(c1)ccc1ccc(-c3ccc4ncc(-c5ccc6ccc7cccnc7c6n5)cc4c3)nc12. The number of benzene rings is 3. The lowest BCUT2D eigenvalue weighted by Gasteiger charge is -2.09. The molecule has 0 aliphatic heterocycles. The Balaban J connectivity index is 1.26. The van der Waals surface area contributed by atoms with Gasteiger partial charge in [0.05, 0.1) is 39.0 Å². The van der Waals surface area contributed by atoms with Crippen molar-refractivity contribution in [3.63, 3.8) is 0 Å². The van der Waals surface area contributed by atoms with Gasteiger partial charge >= 0.3 is 0 Å². The van der Waals surface area contributed by atoms with Gasteiger partial charge in [-0.1, -0.05) is 54.6 Å². The van der Waals surface area contributed by atoms with E-state index in [2.05, 4.69) is 82.8 Å². The molecule has 5 aromatic heterocycles. The molecule has 3 aromatic carbocycles. The standard InChI is InChI=1S/C33H19N5/c1-3-20-5-7-22-9-13-28(37-32(22)30(20)34-15-1)24-11-12-27-25(17-24)18-26(19-36-27)29-14-10-23-8-6-21-4-2-16-35-31(21)33(23)38-29/h1-19H. The first-order chi connectivity index (χ1) is 18.8. The maximum Gasteiger partial charge on any atom is 0.0972 e. The normalized spacial score (nSPS) is 11.7. The first-order valence-corrected chi connectivity index (χ1v) is 12.5. The monoisotopic (exact) mass is 485 g/mol. The van der Waals surface area contributed by atoms with E-state index in [0.29, 0.717) is 0 Å². The van der Waals surface area contributed by atoms with E-state index in [0.717, 1.165) is 77.0 Å². The van der Waals surface area contributed by atoms with Gasteiger partial charge in [-0.3, -0.25) is 15.0 Å². The second-order valence-corrected chi connectivity index (χ2v) is 9.45. The lowest BCUT2D eigenvalue weighted by molar-refractivity contribution is 1.34. The Hall–Kier alpha value is -5.29. The first-order valence-electron chi connectivity index (χ1n) is 12.5. The van der Waals surface area contributed by atoms with Crippen LogP contribution in [0.2, 0.25) is 0 Å². The van der Waals surface area contributed by atoms with E-state index in [9.17, 15) is 0 Å². The molecule has 0 N–H and O–H groups in total. The third kappa shape index (κ3) is 3.29. The molecule has 0 fully saturated rings. The van der Waals surface area contributed by atoms with Crippen molar-refractivity contribution in [3.05, 3.63) is 116 Å². The van der Waals surface area contributed by atoms with Crippen molar-refractivity contribution in [1.29, 1.82) is 0 Å². The summed E-state index contributed by atoms with van der Waals surface area (Å²) < 4.78 is 0. The highest BCUT2D eigenvalue weighted by molar-refractivity contribution is 6.04. The predicted octanol–water partition coefficient (Wildman–Crippen LogP) is 7.76. The topological polar surface area (TPSA) is 64.5 Å². The molecule has 8 rings (SSSR count). The van der Waals surface area contributed by atoms with E-state index in [1.807, 2.05) is 42.9 Å². The van der Waals surface area contributed by atoms with Crippen LogP contribution in [0.3, 0.4) is 0 Å². The Morgan fingerprint density at radius 3 is 1.55 bits per heavy atom. The summed E-state index contributed by atoms with van der Waals surface area (Å²) in [6.45, 7) is 0. The molecule has 0 aliphatic carbocycles. The molecule has 0 radical (unpaired) electrons. The van der Waals surface area contributed by atoms with Gasteiger partial charge in [0.1, 0.15) is 0 Å². The highest BCUT2D eigenvalue weighted by Crippen LogP contribution is 2.30. The van der Waals surface area contributed by atoms with E-state index < -0.39 is 0 Å². The predicted molar refractivity (Wildman–Crippen MR) is 154 cm³/mol. The van der Waals surface area contributed by atoms with Crippen LogP contribution in [0.4, 0.5) is 0 Å². The minimum atomic E-state index is 0.872. The highest BCUT2D eigenvalue weighted by atomic mass is 14.8. The molecule has 38 heavy (non-hydrogen) atoms.